The number of aliphatic hydroxyl groups excluding tert-OH is 1. The van der Waals surface area contributed by atoms with E-state index in [1.165, 1.54) is 18.2 Å². The number of benzene rings is 3. The number of aromatic hydroxyl groups is 1. The second kappa shape index (κ2) is 14.4. The molecule has 0 fully saturated rings. The first kappa shape index (κ1) is 32.7. The van der Waals surface area contributed by atoms with Crippen molar-refractivity contribution < 1.29 is 57.5 Å². The summed E-state index contributed by atoms with van der Waals surface area (Å²) in [6, 6.07) is 20.5. The Bertz CT molecular complexity index is 1440. The van der Waals surface area contributed by atoms with Gasteiger partial charge in [-0.2, -0.15) is 0 Å². The molecule has 6 N–H and O–H groups in total. The van der Waals surface area contributed by atoms with Crippen molar-refractivity contribution in [3.05, 3.63) is 107 Å². The summed E-state index contributed by atoms with van der Waals surface area (Å²) in [5.41, 5.74) is 14.2. The van der Waals surface area contributed by atoms with E-state index in [4.69, 9.17) is 16.2 Å². The molecule has 0 aromatic heterocycles. The summed E-state index contributed by atoms with van der Waals surface area (Å²) in [4.78, 5) is 4.22. The second-order valence-corrected chi connectivity index (χ2v) is 11.6. The van der Waals surface area contributed by atoms with Gasteiger partial charge in [-0.05, 0) is 72.1 Å². The van der Waals surface area contributed by atoms with Gasteiger partial charge in [0, 0.05) is 5.56 Å². The summed E-state index contributed by atoms with van der Waals surface area (Å²) in [5.74, 6) is -0.460. The molecule has 0 spiro atoms. The number of nitrogens with zero attached hydrogens (tertiary/aromatic N) is 1. The van der Waals surface area contributed by atoms with Crippen molar-refractivity contribution >= 4 is 16.1 Å². The molecule has 0 radical (unpaired) electrons. The number of guanidine groups is 1. The van der Waals surface area contributed by atoms with E-state index in [0.29, 0.717) is 23.3 Å². The van der Waals surface area contributed by atoms with Gasteiger partial charge in [-0.15, -0.1) is 0 Å². The Morgan fingerprint density at radius 1 is 1.05 bits per heavy atom. The molecule has 5 atom stereocenters. The number of hydrogen-bond donors (Lipinski definition) is 4. The third kappa shape index (κ3) is 8.81. The summed E-state index contributed by atoms with van der Waals surface area (Å²) in [5, 5.41) is 19.1. The SMILES string of the molecule is CCC1CC(S(=O)(=O)[O-])C(C=CC(O)c2ccc(O)cc2)Cc2ccc(cc2)C(N=C(N)N)Oc2ccc1cc2.[Na+]. The Balaban J connectivity index is 0.00000462. The minimum absolute atomic E-state index is 0. The van der Waals surface area contributed by atoms with Gasteiger partial charge >= 0.3 is 29.6 Å². The third-order valence-electron chi connectivity index (χ3n) is 7.23. The van der Waals surface area contributed by atoms with Crippen LogP contribution in [0.15, 0.2) is 89.9 Å². The third-order valence-corrected chi connectivity index (χ3v) is 8.52. The van der Waals surface area contributed by atoms with Crippen molar-refractivity contribution in [2.75, 3.05) is 0 Å². The summed E-state index contributed by atoms with van der Waals surface area (Å²) in [6.07, 6.45) is 2.24. The average molecular weight is 588 g/mol. The number of hydrogen-bond acceptors (Lipinski definition) is 7. The van der Waals surface area contributed by atoms with Crippen LogP contribution < -0.4 is 45.8 Å². The number of aliphatic hydroxyl groups is 1. The predicted octanol–water partition coefficient (Wildman–Crippen LogP) is 1.01. The molecule has 0 aliphatic carbocycles. The Labute approximate surface area is 263 Å². The van der Waals surface area contributed by atoms with E-state index >= 15 is 0 Å². The number of aliphatic imine (C=N–C) groups is 1. The first-order valence-corrected chi connectivity index (χ1v) is 14.5. The Morgan fingerprint density at radius 2 is 1.66 bits per heavy atom. The maximum absolute atomic E-state index is 12.7. The van der Waals surface area contributed by atoms with Crippen LogP contribution in [0, 0.1) is 5.92 Å². The maximum atomic E-state index is 12.7. The van der Waals surface area contributed by atoms with Gasteiger partial charge in [0.2, 0.25) is 6.23 Å². The zero-order valence-corrected chi connectivity index (χ0v) is 25.9. The van der Waals surface area contributed by atoms with E-state index < -0.39 is 33.6 Å². The first-order chi connectivity index (χ1) is 19.0. The molecule has 9 nitrogen and oxygen atoms in total. The van der Waals surface area contributed by atoms with Crippen LogP contribution in [-0.2, 0) is 16.5 Å². The summed E-state index contributed by atoms with van der Waals surface area (Å²) < 4.78 is 44.2. The largest absolute Gasteiger partial charge is 1.00 e. The van der Waals surface area contributed by atoms with Gasteiger partial charge in [0.05, 0.1) is 21.5 Å². The number of ether oxygens (including phenoxy) is 1. The van der Waals surface area contributed by atoms with Crippen molar-refractivity contribution in [3.8, 4) is 11.5 Å². The molecular formula is C30H34N3NaO6S. The number of allylic oxidation sites excluding steroid dienone is 1. The molecule has 4 aliphatic heterocycles. The zero-order chi connectivity index (χ0) is 28.9. The molecule has 7 rings (SSSR count). The molecule has 4 bridgehead atoms. The number of rotatable bonds is 6. The summed E-state index contributed by atoms with van der Waals surface area (Å²) >= 11 is 0. The zero-order valence-electron chi connectivity index (χ0n) is 23.1. The molecule has 0 amide bonds. The second-order valence-electron chi connectivity index (χ2n) is 10.00. The Morgan fingerprint density at radius 3 is 2.22 bits per heavy atom. The average Bonchev–Trinajstić information content (AvgIpc) is 2.92. The molecule has 11 heteroatoms. The van der Waals surface area contributed by atoms with Crippen LogP contribution in [0.5, 0.6) is 11.5 Å². The van der Waals surface area contributed by atoms with Gasteiger partial charge in [-0.1, -0.05) is 67.6 Å². The summed E-state index contributed by atoms with van der Waals surface area (Å²) in [7, 11) is -4.73. The molecule has 3 aromatic carbocycles. The van der Waals surface area contributed by atoms with E-state index in [1.54, 1.807) is 42.5 Å². The van der Waals surface area contributed by atoms with Crippen molar-refractivity contribution in [1.29, 1.82) is 0 Å². The number of nitrogens with two attached hydrogens (primary N) is 2. The number of phenols is 1. The van der Waals surface area contributed by atoms with Crippen LogP contribution in [-0.4, -0.2) is 34.4 Å². The van der Waals surface area contributed by atoms with Gasteiger partial charge in [-0.25, -0.2) is 13.4 Å². The van der Waals surface area contributed by atoms with Gasteiger partial charge in [0.15, 0.2) is 5.96 Å². The quantitative estimate of drug-likeness (QED) is 0.109. The molecule has 0 saturated carbocycles. The molecule has 0 saturated heterocycles. The topological polar surface area (TPSA) is 171 Å². The first-order valence-electron chi connectivity index (χ1n) is 13.1. The maximum Gasteiger partial charge on any atom is 1.00 e. The van der Waals surface area contributed by atoms with E-state index in [-0.39, 0.29) is 60.0 Å². The monoisotopic (exact) mass is 587 g/mol. The van der Waals surface area contributed by atoms with E-state index in [2.05, 4.69) is 4.99 Å². The van der Waals surface area contributed by atoms with Crippen LogP contribution in [0.4, 0.5) is 0 Å². The molecule has 5 unspecified atom stereocenters. The van der Waals surface area contributed by atoms with Crippen molar-refractivity contribution in [3.63, 3.8) is 0 Å². The Hall–Kier alpha value is -2.86. The fourth-order valence-electron chi connectivity index (χ4n) is 5.02. The van der Waals surface area contributed by atoms with Crippen LogP contribution in [0.25, 0.3) is 0 Å². The van der Waals surface area contributed by atoms with Gasteiger partial charge in [0.25, 0.3) is 0 Å². The molecule has 3 aromatic rings. The summed E-state index contributed by atoms with van der Waals surface area (Å²) in [6.45, 7) is 1.95. The van der Waals surface area contributed by atoms with E-state index in [0.717, 1.165) is 11.1 Å². The van der Waals surface area contributed by atoms with Gasteiger partial charge in [0.1, 0.15) is 11.5 Å². The van der Waals surface area contributed by atoms with Gasteiger partial charge < -0.3 is 31.0 Å². The molecule has 212 valence electrons. The normalized spacial score (nSPS) is 21.7. The van der Waals surface area contributed by atoms with Crippen molar-refractivity contribution in [1.82, 2.24) is 0 Å². The van der Waals surface area contributed by atoms with E-state index in [1.807, 2.05) is 31.2 Å². The smallest absolute Gasteiger partial charge is 0.748 e. The predicted molar refractivity (Wildman–Crippen MR) is 153 cm³/mol. The minimum atomic E-state index is -4.73. The van der Waals surface area contributed by atoms with Gasteiger partial charge in [-0.3, -0.25) is 0 Å². The van der Waals surface area contributed by atoms with Crippen LogP contribution in [0.3, 0.4) is 0 Å². The number of phenolic OH excluding ortho intramolecular Hbond substituents is 1. The molecule has 41 heavy (non-hydrogen) atoms. The van der Waals surface area contributed by atoms with Crippen molar-refractivity contribution in [2.24, 2.45) is 22.4 Å². The Kier molecular flexibility index (Phi) is 11.4. The fraction of sp³-hybridized carbons (Fsp3) is 0.300. The van der Waals surface area contributed by atoms with E-state index in [9.17, 15) is 23.2 Å². The van der Waals surface area contributed by atoms with Crippen LogP contribution in [0.2, 0.25) is 0 Å². The van der Waals surface area contributed by atoms with Crippen molar-refractivity contribution in [2.45, 2.75) is 49.7 Å². The minimum Gasteiger partial charge on any atom is -0.748 e. The van der Waals surface area contributed by atoms with Crippen LogP contribution >= 0.6 is 0 Å². The molecule has 4 heterocycles. The standard InChI is InChI=1S/C30H35N3O6S.Na/c1-2-20-18-28(40(36,37)38)24(11-16-27(35)22-7-12-25(34)13-8-22)17-19-3-5-23(6-4-19)29(33-30(31)32)39-26-14-9-21(20)10-15-26;/h3-16,20,24,27-29,34-35H,2,17-18H2,1H3,(H4,31,32,33)(H,36,37,38);/q;+1/p-1. The van der Waals surface area contributed by atoms with Crippen LogP contribution in [0.1, 0.15) is 60.3 Å². The fourth-order valence-corrected chi connectivity index (χ4v) is 6.10. The molecular weight excluding hydrogens is 553 g/mol. The molecule has 4 aliphatic rings.